The van der Waals surface area contributed by atoms with Gasteiger partial charge in [0.05, 0.1) is 6.10 Å². The molecule has 0 unspecified atom stereocenters. The quantitative estimate of drug-likeness (QED) is 0.527. The topological polar surface area (TPSA) is 63.6 Å². The summed E-state index contributed by atoms with van der Waals surface area (Å²) in [6.45, 7) is 7.42. The van der Waals surface area contributed by atoms with E-state index in [1.165, 1.54) is 0 Å². The number of carbonyl (C=O) groups is 2. The van der Waals surface area contributed by atoms with E-state index in [0.717, 1.165) is 5.57 Å². The van der Waals surface area contributed by atoms with Crippen LogP contribution in [-0.2, 0) is 14.3 Å². The van der Waals surface area contributed by atoms with Crippen molar-refractivity contribution < 1.29 is 19.4 Å². The van der Waals surface area contributed by atoms with E-state index in [9.17, 15) is 14.7 Å². The monoisotopic (exact) mass is 260 g/mol. The summed E-state index contributed by atoms with van der Waals surface area (Å²) in [5, 5.41) is 10.2. The van der Waals surface area contributed by atoms with Gasteiger partial charge in [-0.25, -0.2) is 4.79 Å². The number of ether oxygens (including phenoxy) is 1. The fraction of sp³-hybridized carbons (Fsp3) is 0.467. The highest BCUT2D eigenvalue weighted by atomic mass is 16.6. The van der Waals surface area contributed by atoms with Crippen molar-refractivity contribution in [1.82, 2.24) is 0 Å². The minimum atomic E-state index is -0.720. The molecule has 3 rings (SSSR count). The number of ketones is 1. The molecule has 1 aliphatic heterocycles. The van der Waals surface area contributed by atoms with Crippen molar-refractivity contribution in [2.45, 2.75) is 32.5 Å². The van der Waals surface area contributed by atoms with Gasteiger partial charge in [0, 0.05) is 23.0 Å². The van der Waals surface area contributed by atoms with Gasteiger partial charge in [0.2, 0.25) is 0 Å². The molecular weight excluding hydrogens is 244 g/mol. The molecule has 0 aromatic carbocycles. The van der Waals surface area contributed by atoms with Crippen molar-refractivity contribution in [1.29, 1.82) is 0 Å². The highest BCUT2D eigenvalue weighted by molar-refractivity contribution is 6.09. The Morgan fingerprint density at radius 3 is 2.74 bits per heavy atom. The third-order valence-electron chi connectivity index (χ3n) is 4.51. The van der Waals surface area contributed by atoms with E-state index < -0.39 is 18.2 Å². The van der Waals surface area contributed by atoms with E-state index in [1.807, 2.05) is 6.92 Å². The molecule has 1 fully saturated rings. The first-order valence-electron chi connectivity index (χ1n) is 6.43. The van der Waals surface area contributed by atoms with E-state index >= 15 is 0 Å². The second-order valence-corrected chi connectivity index (χ2v) is 5.58. The lowest BCUT2D eigenvalue weighted by molar-refractivity contribution is -0.140. The summed E-state index contributed by atoms with van der Waals surface area (Å²) in [6.07, 6.45) is 0.849. The summed E-state index contributed by atoms with van der Waals surface area (Å²) in [4.78, 5) is 23.8. The first-order chi connectivity index (χ1) is 8.91. The minimum Gasteiger partial charge on any atom is -0.457 e. The Balaban J connectivity index is 2.14. The molecule has 0 saturated carbocycles. The zero-order valence-corrected chi connectivity index (χ0v) is 11.0. The van der Waals surface area contributed by atoms with Gasteiger partial charge in [-0.3, -0.25) is 4.79 Å². The number of carbonyl (C=O) groups excluding carboxylic acids is 2. The van der Waals surface area contributed by atoms with Gasteiger partial charge in [-0.05, 0) is 31.9 Å². The van der Waals surface area contributed by atoms with Crippen LogP contribution in [0.2, 0.25) is 0 Å². The van der Waals surface area contributed by atoms with Gasteiger partial charge in [0.15, 0.2) is 5.78 Å². The van der Waals surface area contributed by atoms with Crippen molar-refractivity contribution in [3.05, 3.63) is 34.9 Å². The molecule has 100 valence electrons. The van der Waals surface area contributed by atoms with Gasteiger partial charge < -0.3 is 9.84 Å². The van der Waals surface area contributed by atoms with Crippen LogP contribution in [0.25, 0.3) is 0 Å². The standard InChI is InChI=1S/C15H16O4/c1-6-4-11(17)13-8(3)10(16)5-9-7(2)15(18)19-14(9)12(6)13/h4,9-10,12,14,16H,2,5H2,1,3H3/t9-,10+,12-,14-/m0/s1. The summed E-state index contributed by atoms with van der Waals surface area (Å²) < 4.78 is 5.41. The van der Waals surface area contributed by atoms with Crippen LogP contribution in [0.3, 0.4) is 0 Å². The molecule has 1 heterocycles. The van der Waals surface area contributed by atoms with Crippen molar-refractivity contribution in [2.24, 2.45) is 11.8 Å². The molecule has 19 heavy (non-hydrogen) atoms. The fourth-order valence-electron chi connectivity index (χ4n) is 3.42. The lowest BCUT2D eigenvalue weighted by Gasteiger charge is -2.23. The molecule has 4 nitrogen and oxygen atoms in total. The normalized spacial score (nSPS) is 37.8. The lowest BCUT2D eigenvalue weighted by atomic mass is 9.83. The summed E-state index contributed by atoms with van der Waals surface area (Å²) in [7, 11) is 0. The average Bonchev–Trinajstić information content (AvgIpc) is 2.74. The maximum absolute atomic E-state index is 12.1. The number of aliphatic hydroxyl groups excluding tert-OH is 1. The van der Waals surface area contributed by atoms with E-state index in [1.54, 1.807) is 13.0 Å². The predicted molar refractivity (Wildman–Crippen MR) is 68.1 cm³/mol. The van der Waals surface area contributed by atoms with Crippen LogP contribution >= 0.6 is 0 Å². The molecule has 0 aromatic rings. The van der Waals surface area contributed by atoms with Crippen LogP contribution in [0.4, 0.5) is 0 Å². The zero-order chi connectivity index (χ0) is 13.9. The molecule has 1 N–H and O–H groups in total. The van der Waals surface area contributed by atoms with Crippen LogP contribution in [0.15, 0.2) is 34.9 Å². The second kappa shape index (κ2) is 3.90. The van der Waals surface area contributed by atoms with Gasteiger partial charge >= 0.3 is 5.97 Å². The van der Waals surface area contributed by atoms with Crippen molar-refractivity contribution in [2.75, 3.05) is 0 Å². The molecule has 3 aliphatic rings. The van der Waals surface area contributed by atoms with E-state index in [0.29, 0.717) is 23.1 Å². The molecule has 0 radical (unpaired) electrons. The number of fused-ring (bicyclic) bond motifs is 3. The highest BCUT2D eigenvalue weighted by Gasteiger charge is 2.50. The maximum atomic E-state index is 12.1. The Kier molecular flexibility index (Phi) is 2.54. The Bertz CT molecular complexity index is 567. The molecule has 0 aromatic heterocycles. The Morgan fingerprint density at radius 2 is 2.05 bits per heavy atom. The Morgan fingerprint density at radius 1 is 1.37 bits per heavy atom. The van der Waals surface area contributed by atoms with Crippen molar-refractivity contribution in [3.63, 3.8) is 0 Å². The second-order valence-electron chi connectivity index (χ2n) is 5.58. The first-order valence-corrected chi connectivity index (χ1v) is 6.43. The third-order valence-corrected chi connectivity index (χ3v) is 4.51. The van der Waals surface area contributed by atoms with Gasteiger partial charge in [-0.2, -0.15) is 0 Å². The number of esters is 1. The van der Waals surface area contributed by atoms with Crippen LogP contribution < -0.4 is 0 Å². The van der Waals surface area contributed by atoms with Gasteiger partial charge in [-0.1, -0.05) is 12.2 Å². The number of rotatable bonds is 0. The Hall–Kier alpha value is -1.68. The summed E-state index contributed by atoms with van der Waals surface area (Å²) in [5.74, 6) is -0.923. The summed E-state index contributed by atoms with van der Waals surface area (Å²) in [6, 6.07) is 0. The molecule has 0 spiro atoms. The molecule has 2 aliphatic carbocycles. The van der Waals surface area contributed by atoms with E-state index in [2.05, 4.69) is 6.58 Å². The van der Waals surface area contributed by atoms with Crippen LogP contribution in [0.1, 0.15) is 20.3 Å². The van der Waals surface area contributed by atoms with E-state index in [4.69, 9.17) is 4.74 Å². The average molecular weight is 260 g/mol. The molecule has 4 heteroatoms. The fourth-order valence-corrected chi connectivity index (χ4v) is 3.42. The molecule has 1 saturated heterocycles. The predicted octanol–water partition coefficient (Wildman–Crippen LogP) is 1.31. The lowest BCUT2D eigenvalue weighted by Crippen LogP contribution is -2.27. The first kappa shape index (κ1) is 12.4. The summed E-state index contributed by atoms with van der Waals surface area (Å²) >= 11 is 0. The number of hydrogen-bond donors (Lipinski definition) is 1. The third kappa shape index (κ3) is 1.56. The number of aliphatic hydroxyl groups is 1. The van der Waals surface area contributed by atoms with Crippen molar-refractivity contribution in [3.8, 4) is 0 Å². The highest BCUT2D eigenvalue weighted by Crippen LogP contribution is 2.47. The Labute approximate surface area is 111 Å². The SMILES string of the molecule is C=C1C(=O)O[C@@H]2[C@H]3C(C)=CC(=O)C3=C(C)[C@H](O)C[C@@H]12. The zero-order valence-electron chi connectivity index (χ0n) is 11.0. The molecule has 4 atom stereocenters. The smallest absolute Gasteiger partial charge is 0.334 e. The van der Waals surface area contributed by atoms with Crippen LogP contribution in [0.5, 0.6) is 0 Å². The molecular formula is C15H16O4. The molecule has 0 bridgehead atoms. The maximum Gasteiger partial charge on any atom is 0.334 e. The minimum absolute atomic E-state index is 0.0757. The van der Waals surface area contributed by atoms with Gasteiger partial charge in [0.25, 0.3) is 0 Å². The van der Waals surface area contributed by atoms with E-state index in [-0.39, 0.29) is 17.6 Å². The largest absolute Gasteiger partial charge is 0.457 e. The van der Waals surface area contributed by atoms with Crippen LogP contribution in [0, 0.1) is 11.8 Å². The molecule has 0 amide bonds. The number of allylic oxidation sites excluding steroid dienone is 1. The van der Waals surface area contributed by atoms with Gasteiger partial charge in [-0.15, -0.1) is 0 Å². The van der Waals surface area contributed by atoms with Gasteiger partial charge in [0.1, 0.15) is 6.10 Å². The van der Waals surface area contributed by atoms with Crippen LogP contribution in [-0.4, -0.2) is 29.1 Å². The number of hydrogen-bond acceptors (Lipinski definition) is 4. The van der Waals surface area contributed by atoms with Crippen molar-refractivity contribution >= 4 is 11.8 Å². The summed E-state index contributed by atoms with van der Waals surface area (Å²) in [5.41, 5.74) is 2.59.